The number of fused-ring (bicyclic) bond motifs is 1. The van der Waals surface area contributed by atoms with Crippen LogP contribution in [-0.2, 0) is 17.9 Å². The zero-order chi connectivity index (χ0) is 17.9. The molecule has 2 aromatic carbocycles. The zero-order valence-electron chi connectivity index (χ0n) is 14.1. The molecule has 0 radical (unpaired) electrons. The van der Waals surface area contributed by atoms with E-state index < -0.39 is 0 Å². The summed E-state index contributed by atoms with van der Waals surface area (Å²) in [4.78, 5) is 16.6. The smallest absolute Gasteiger partial charge is 0.251 e. The minimum absolute atomic E-state index is 0.121. The maximum absolute atomic E-state index is 13.2. The molecule has 0 saturated heterocycles. The predicted octanol–water partition coefficient (Wildman–Crippen LogP) is 3.02. The zero-order valence-corrected chi connectivity index (χ0v) is 14.1. The summed E-state index contributed by atoms with van der Waals surface area (Å²) in [6.07, 6.45) is 1.63. The van der Waals surface area contributed by atoms with E-state index in [1.807, 2.05) is 18.2 Å². The van der Waals surface area contributed by atoms with E-state index in [-0.39, 0.29) is 17.8 Å². The lowest BCUT2D eigenvalue weighted by atomic mass is 10.1. The van der Waals surface area contributed by atoms with Crippen LogP contribution in [0.2, 0.25) is 0 Å². The number of imidazole rings is 1. The first-order valence-corrected chi connectivity index (χ1v) is 8.46. The molecule has 1 unspecified atom stereocenters. The number of carbonyl (C=O) groups excluding carboxylic acids is 1. The van der Waals surface area contributed by atoms with Gasteiger partial charge >= 0.3 is 0 Å². The van der Waals surface area contributed by atoms with E-state index in [0.717, 1.165) is 17.1 Å². The molecule has 4 rings (SSSR count). The highest BCUT2D eigenvalue weighted by Gasteiger charge is 2.23. The number of hydrogen-bond acceptors (Lipinski definition) is 3. The summed E-state index contributed by atoms with van der Waals surface area (Å²) in [7, 11) is 0. The molecule has 26 heavy (non-hydrogen) atoms. The van der Waals surface area contributed by atoms with Gasteiger partial charge in [0.25, 0.3) is 5.91 Å². The Bertz CT molecular complexity index is 907. The van der Waals surface area contributed by atoms with Crippen molar-refractivity contribution in [3.05, 3.63) is 78.0 Å². The molecule has 2 heterocycles. The number of rotatable bonds is 4. The number of amides is 1. The van der Waals surface area contributed by atoms with Crippen LogP contribution in [0.15, 0.2) is 60.8 Å². The number of halogens is 1. The Kier molecular flexibility index (Phi) is 4.50. The number of benzene rings is 2. The first-order valence-electron chi connectivity index (χ1n) is 8.46. The largest absolute Gasteiger partial charge is 0.367 e. The van der Waals surface area contributed by atoms with E-state index in [2.05, 4.69) is 14.9 Å². The molecular formula is C20H18FN3O2. The predicted molar refractivity (Wildman–Crippen MR) is 95.0 cm³/mol. The van der Waals surface area contributed by atoms with Gasteiger partial charge in [-0.3, -0.25) is 4.79 Å². The molecule has 6 heteroatoms. The average molecular weight is 351 g/mol. The van der Waals surface area contributed by atoms with Crippen molar-refractivity contribution in [2.45, 2.75) is 19.3 Å². The van der Waals surface area contributed by atoms with Crippen molar-refractivity contribution in [3.8, 4) is 11.3 Å². The second-order valence-electron chi connectivity index (χ2n) is 6.19. The maximum atomic E-state index is 13.2. The molecule has 132 valence electrons. The van der Waals surface area contributed by atoms with E-state index >= 15 is 0 Å². The van der Waals surface area contributed by atoms with Crippen molar-refractivity contribution in [2.24, 2.45) is 0 Å². The lowest BCUT2D eigenvalue weighted by Crippen LogP contribution is -2.39. The first kappa shape index (κ1) is 16.5. The molecule has 5 nitrogen and oxygen atoms in total. The molecule has 0 bridgehead atoms. The number of nitrogens with one attached hydrogen (secondary N) is 1. The standard InChI is InChI=1S/C20H18FN3O2/c21-16-8-6-14(7-9-16)18-11-22-19-13-26-17(12-24(18)19)10-23-20(25)15-4-2-1-3-5-15/h1-9,11,17H,10,12-13H2,(H,23,25). The van der Waals surface area contributed by atoms with E-state index in [4.69, 9.17) is 4.74 Å². The van der Waals surface area contributed by atoms with Gasteiger partial charge in [-0.2, -0.15) is 0 Å². The summed E-state index contributed by atoms with van der Waals surface area (Å²) in [6.45, 7) is 1.37. The van der Waals surface area contributed by atoms with Gasteiger partial charge in [-0.1, -0.05) is 18.2 Å². The van der Waals surface area contributed by atoms with Crippen LogP contribution in [0.25, 0.3) is 11.3 Å². The maximum Gasteiger partial charge on any atom is 0.251 e. The highest BCUT2D eigenvalue weighted by molar-refractivity contribution is 5.94. The summed E-state index contributed by atoms with van der Waals surface area (Å²) in [5.74, 6) is 0.441. The van der Waals surface area contributed by atoms with Crippen LogP contribution in [0.1, 0.15) is 16.2 Å². The second kappa shape index (κ2) is 7.09. The average Bonchev–Trinajstić information content (AvgIpc) is 3.10. The minimum atomic E-state index is -0.267. The van der Waals surface area contributed by atoms with E-state index in [9.17, 15) is 9.18 Å². The highest BCUT2D eigenvalue weighted by atomic mass is 19.1. The Labute approximate surface area is 150 Å². The number of hydrogen-bond donors (Lipinski definition) is 1. The van der Waals surface area contributed by atoms with Crippen molar-refractivity contribution in [3.63, 3.8) is 0 Å². The van der Waals surface area contributed by atoms with Crippen LogP contribution in [0.5, 0.6) is 0 Å². The van der Waals surface area contributed by atoms with E-state index in [0.29, 0.717) is 25.3 Å². The topological polar surface area (TPSA) is 56.2 Å². The van der Waals surface area contributed by atoms with E-state index in [1.54, 1.807) is 30.5 Å². The van der Waals surface area contributed by atoms with Crippen LogP contribution < -0.4 is 5.32 Å². The molecule has 1 aliphatic rings. The summed E-state index contributed by atoms with van der Waals surface area (Å²) in [5.41, 5.74) is 2.44. The number of ether oxygens (including phenoxy) is 1. The molecule has 1 aromatic heterocycles. The van der Waals surface area contributed by atoms with Crippen LogP contribution in [0.4, 0.5) is 4.39 Å². The third kappa shape index (κ3) is 3.36. The van der Waals surface area contributed by atoms with Crippen LogP contribution >= 0.6 is 0 Å². The quantitative estimate of drug-likeness (QED) is 0.786. The molecule has 0 aliphatic carbocycles. The summed E-state index contributed by atoms with van der Waals surface area (Å²) < 4.78 is 21.0. The van der Waals surface area contributed by atoms with Gasteiger partial charge in [-0.05, 0) is 42.0 Å². The molecule has 1 atom stereocenters. The second-order valence-corrected chi connectivity index (χ2v) is 6.19. The van der Waals surface area contributed by atoms with E-state index in [1.165, 1.54) is 12.1 Å². The van der Waals surface area contributed by atoms with Crippen molar-refractivity contribution < 1.29 is 13.9 Å². The first-order chi connectivity index (χ1) is 12.7. The van der Waals surface area contributed by atoms with Crippen molar-refractivity contribution in [1.82, 2.24) is 14.9 Å². The van der Waals surface area contributed by atoms with Crippen molar-refractivity contribution in [2.75, 3.05) is 6.54 Å². The minimum Gasteiger partial charge on any atom is -0.367 e. The molecular weight excluding hydrogens is 333 g/mol. The van der Waals surface area contributed by atoms with Gasteiger partial charge in [0, 0.05) is 12.1 Å². The Morgan fingerprint density at radius 2 is 1.96 bits per heavy atom. The highest BCUT2D eigenvalue weighted by Crippen LogP contribution is 2.25. The van der Waals surface area contributed by atoms with Gasteiger partial charge < -0.3 is 14.6 Å². The summed E-state index contributed by atoms with van der Waals surface area (Å²) in [5, 5.41) is 2.91. The van der Waals surface area contributed by atoms with Gasteiger partial charge in [0.15, 0.2) is 0 Å². The summed E-state index contributed by atoms with van der Waals surface area (Å²) >= 11 is 0. The SMILES string of the molecule is O=C(NCC1Cn2c(-c3ccc(F)cc3)cnc2CO1)c1ccccc1. The Hall–Kier alpha value is -2.99. The fraction of sp³-hybridized carbons (Fsp3) is 0.200. The fourth-order valence-corrected chi connectivity index (χ4v) is 3.05. The Balaban J connectivity index is 1.45. The summed E-state index contributed by atoms with van der Waals surface area (Å²) in [6, 6.07) is 15.4. The van der Waals surface area contributed by atoms with Gasteiger partial charge in [0.1, 0.15) is 18.2 Å². The Morgan fingerprint density at radius 1 is 1.19 bits per heavy atom. The van der Waals surface area contributed by atoms with Gasteiger partial charge in [-0.25, -0.2) is 9.37 Å². The van der Waals surface area contributed by atoms with Crippen LogP contribution in [0, 0.1) is 5.82 Å². The van der Waals surface area contributed by atoms with Crippen molar-refractivity contribution in [1.29, 1.82) is 0 Å². The van der Waals surface area contributed by atoms with Gasteiger partial charge in [-0.15, -0.1) is 0 Å². The molecule has 0 saturated carbocycles. The lowest BCUT2D eigenvalue weighted by molar-refractivity contribution is 0.00374. The van der Waals surface area contributed by atoms with Crippen molar-refractivity contribution >= 4 is 5.91 Å². The molecule has 3 aromatic rings. The number of nitrogens with zero attached hydrogens (tertiary/aromatic N) is 2. The molecule has 1 N–H and O–H groups in total. The van der Waals surface area contributed by atoms with Gasteiger partial charge in [0.2, 0.25) is 0 Å². The van der Waals surface area contributed by atoms with Crippen LogP contribution in [-0.4, -0.2) is 28.1 Å². The number of aromatic nitrogens is 2. The monoisotopic (exact) mass is 351 g/mol. The fourth-order valence-electron chi connectivity index (χ4n) is 3.05. The lowest BCUT2D eigenvalue weighted by Gasteiger charge is -2.26. The molecule has 0 fully saturated rings. The third-order valence-corrected chi connectivity index (χ3v) is 4.44. The molecule has 1 aliphatic heterocycles. The van der Waals surface area contributed by atoms with Gasteiger partial charge in [0.05, 0.1) is 24.5 Å². The third-order valence-electron chi connectivity index (χ3n) is 4.44. The van der Waals surface area contributed by atoms with Crippen LogP contribution in [0.3, 0.4) is 0 Å². The normalized spacial score (nSPS) is 16.1. The Morgan fingerprint density at radius 3 is 2.73 bits per heavy atom. The molecule has 1 amide bonds. The molecule has 0 spiro atoms. The number of carbonyl (C=O) groups is 1.